The molecule has 1 aromatic carbocycles. The topological polar surface area (TPSA) is 32.3 Å². The first-order chi connectivity index (χ1) is 9.19. The van der Waals surface area contributed by atoms with E-state index in [9.17, 15) is 4.79 Å². The molecular formula is C15H22BrClN2O. The van der Waals surface area contributed by atoms with Gasteiger partial charge in [-0.3, -0.25) is 4.79 Å². The van der Waals surface area contributed by atoms with Gasteiger partial charge in [-0.15, -0.1) is 12.4 Å². The molecule has 0 saturated carbocycles. The molecule has 5 heteroatoms. The Morgan fingerprint density at radius 2 is 2.10 bits per heavy atom. The van der Waals surface area contributed by atoms with Crippen LogP contribution in [0.4, 0.5) is 0 Å². The molecular weight excluding hydrogens is 340 g/mol. The van der Waals surface area contributed by atoms with Gasteiger partial charge in [-0.05, 0) is 50.0 Å². The standard InChI is InChI=1S/C15H21BrN2O.ClH/c1-17-11-12-5-7-18(8-6-12)15(19)10-13-3-2-4-14(16)9-13;/h2-4,9,12,17H,5-8,10-11H2,1H3;1H. The van der Waals surface area contributed by atoms with E-state index in [1.165, 1.54) is 0 Å². The molecule has 2 rings (SSSR count). The number of hydrogen-bond acceptors (Lipinski definition) is 2. The number of nitrogens with zero attached hydrogens (tertiary/aromatic N) is 1. The number of amides is 1. The molecule has 20 heavy (non-hydrogen) atoms. The molecule has 0 unspecified atom stereocenters. The molecule has 112 valence electrons. The van der Waals surface area contributed by atoms with E-state index in [1.54, 1.807) is 0 Å². The predicted molar refractivity (Wildman–Crippen MR) is 88.3 cm³/mol. The van der Waals surface area contributed by atoms with E-state index in [0.29, 0.717) is 6.42 Å². The Kier molecular flexibility index (Phi) is 7.56. The predicted octanol–water partition coefficient (Wildman–Crippen LogP) is 2.87. The largest absolute Gasteiger partial charge is 0.342 e. The molecule has 1 heterocycles. The van der Waals surface area contributed by atoms with Gasteiger partial charge in [-0.2, -0.15) is 0 Å². The second kappa shape index (κ2) is 8.65. The van der Waals surface area contributed by atoms with Crippen LogP contribution in [0.5, 0.6) is 0 Å². The normalized spacial score (nSPS) is 15.8. The summed E-state index contributed by atoms with van der Waals surface area (Å²) in [6, 6.07) is 7.99. The molecule has 1 amide bonds. The average molecular weight is 362 g/mol. The first-order valence-corrected chi connectivity index (χ1v) is 7.65. The summed E-state index contributed by atoms with van der Waals surface area (Å²) in [7, 11) is 1.99. The van der Waals surface area contributed by atoms with Crippen LogP contribution >= 0.6 is 28.3 Å². The molecule has 1 aromatic rings. The third-order valence-electron chi connectivity index (χ3n) is 3.70. The Balaban J connectivity index is 0.00000200. The van der Waals surface area contributed by atoms with Crippen LogP contribution in [0.1, 0.15) is 18.4 Å². The lowest BCUT2D eigenvalue weighted by atomic mass is 9.96. The highest BCUT2D eigenvalue weighted by molar-refractivity contribution is 9.10. The minimum atomic E-state index is 0. The van der Waals surface area contributed by atoms with Crippen LogP contribution in [0, 0.1) is 5.92 Å². The van der Waals surface area contributed by atoms with Gasteiger partial charge >= 0.3 is 0 Å². The SMILES string of the molecule is CNCC1CCN(C(=O)Cc2cccc(Br)c2)CC1.Cl. The molecule has 0 atom stereocenters. The lowest BCUT2D eigenvalue weighted by Crippen LogP contribution is -2.41. The Morgan fingerprint density at radius 3 is 2.70 bits per heavy atom. The van der Waals surface area contributed by atoms with Gasteiger partial charge in [0, 0.05) is 17.6 Å². The molecule has 1 aliphatic rings. The third kappa shape index (κ3) is 5.08. The van der Waals surface area contributed by atoms with Crippen LogP contribution in [0.3, 0.4) is 0 Å². The summed E-state index contributed by atoms with van der Waals surface area (Å²) in [5.41, 5.74) is 1.08. The maximum Gasteiger partial charge on any atom is 0.226 e. The number of carbonyl (C=O) groups excluding carboxylic acids is 1. The van der Waals surface area contributed by atoms with Crippen LogP contribution in [0.15, 0.2) is 28.7 Å². The van der Waals surface area contributed by atoms with Gasteiger partial charge in [0.25, 0.3) is 0 Å². The summed E-state index contributed by atoms with van der Waals surface area (Å²) >= 11 is 3.44. The Bertz CT molecular complexity index is 434. The zero-order valence-corrected chi connectivity index (χ0v) is 14.2. The fourth-order valence-corrected chi connectivity index (χ4v) is 3.06. The molecule has 1 aliphatic heterocycles. The van der Waals surface area contributed by atoms with Gasteiger partial charge in [-0.1, -0.05) is 28.1 Å². The van der Waals surface area contributed by atoms with E-state index in [2.05, 4.69) is 21.2 Å². The van der Waals surface area contributed by atoms with Crippen molar-refractivity contribution < 1.29 is 4.79 Å². The van der Waals surface area contributed by atoms with Crippen molar-refractivity contribution >= 4 is 34.2 Å². The molecule has 0 bridgehead atoms. The van der Waals surface area contributed by atoms with E-state index < -0.39 is 0 Å². The summed E-state index contributed by atoms with van der Waals surface area (Å²) in [5.74, 6) is 0.973. The number of likely N-dealkylation sites (tertiary alicyclic amines) is 1. The smallest absolute Gasteiger partial charge is 0.226 e. The van der Waals surface area contributed by atoms with Crippen molar-refractivity contribution in [2.45, 2.75) is 19.3 Å². The van der Waals surface area contributed by atoms with Crippen LogP contribution in [-0.4, -0.2) is 37.5 Å². The van der Waals surface area contributed by atoms with Crippen molar-refractivity contribution in [1.82, 2.24) is 10.2 Å². The number of carbonyl (C=O) groups is 1. The highest BCUT2D eigenvalue weighted by Gasteiger charge is 2.22. The molecule has 1 saturated heterocycles. The Labute approximate surface area is 135 Å². The van der Waals surface area contributed by atoms with Crippen molar-refractivity contribution in [1.29, 1.82) is 0 Å². The number of piperidine rings is 1. The van der Waals surface area contributed by atoms with Gasteiger partial charge in [0.1, 0.15) is 0 Å². The monoisotopic (exact) mass is 360 g/mol. The summed E-state index contributed by atoms with van der Waals surface area (Å²) in [6.45, 7) is 2.87. The Morgan fingerprint density at radius 1 is 1.40 bits per heavy atom. The zero-order chi connectivity index (χ0) is 13.7. The lowest BCUT2D eigenvalue weighted by Gasteiger charge is -2.32. The van der Waals surface area contributed by atoms with Crippen LogP contribution in [0.25, 0.3) is 0 Å². The summed E-state index contributed by atoms with van der Waals surface area (Å²) in [5, 5.41) is 3.22. The quantitative estimate of drug-likeness (QED) is 0.894. The van der Waals surface area contributed by atoms with Crippen LogP contribution < -0.4 is 5.32 Å². The van der Waals surface area contributed by atoms with E-state index in [-0.39, 0.29) is 18.3 Å². The van der Waals surface area contributed by atoms with E-state index in [0.717, 1.165) is 48.4 Å². The first-order valence-electron chi connectivity index (χ1n) is 6.86. The molecule has 1 N–H and O–H groups in total. The fourth-order valence-electron chi connectivity index (χ4n) is 2.61. The van der Waals surface area contributed by atoms with Gasteiger partial charge in [0.05, 0.1) is 6.42 Å². The molecule has 0 aliphatic carbocycles. The minimum Gasteiger partial charge on any atom is -0.342 e. The van der Waals surface area contributed by atoms with E-state index in [4.69, 9.17) is 0 Å². The molecule has 1 fully saturated rings. The van der Waals surface area contributed by atoms with Crippen LogP contribution in [0.2, 0.25) is 0 Å². The Hall–Kier alpha value is -0.580. The van der Waals surface area contributed by atoms with Crippen molar-refractivity contribution in [3.8, 4) is 0 Å². The highest BCUT2D eigenvalue weighted by Crippen LogP contribution is 2.18. The van der Waals surface area contributed by atoms with Crippen molar-refractivity contribution in [2.24, 2.45) is 5.92 Å². The second-order valence-electron chi connectivity index (χ2n) is 5.19. The molecule has 0 spiro atoms. The second-order valence-corrected chi connectivity index (χ2v) is 6.10. The summed E-state index contributed by atoms with van der Waals surface area (Å²) in [4.78, 5) is 14.2. The number of rotatable bonds is 4. The first kappa shape index (κ1) is 17.5. The number of benzene rings is 1. The van der Waals surface area contributed by atoms with Crippen molar-refractivity contribution in [2.75, 3.05) is 26.7 Å². The third-order valence-corrected chi connectivity index (χ3v) is 4.20. The molecule has 0 aromatic heterocycles. The molecule has 3 nitrogen and oxygen atoms in total. The average Bonchev–Trinajstić information content (AvgIpc) is 2.40. The van der Waals surface area contributed by atoms with Gasteiger partial charge < -0.3 is 10.2 Å². The van der Waals surface area contributed by atoms with Gasteiger partial charge in [-0.25, -0.2) is 0 Å². The summed E-state index contributed by atoms with van der Waals surface area (Å²) < 4.78 is 1.03. The van der Waals surface area contributed by atoms with Gasteiger partial charge in [0.2, 0.25) is 5.91 Å². The number of nitrogens with one attached hydrogen (secondary N) is 1. The highest BCUT2D eigenvalue weighted by atomic mass is 79.9. The molecule has 0 radical (unpaired) electrons. The van der Waals surface area contributed by atoms with Crippen LogP contribution in [-0.2, 0) is 11.2 Å². The fraction of sp³-hybridized carbons (Fsp3) is 0.533. The zero-order valence-electron chi connectivity index (χ0n) is 11.8. The number of hydrogen-bond donors (Lipinski definition) is 1. The minimum absolute atomic E-state index is 0. The maximum atomic E-state index is 12.2. The maximum absolute atomic E-state index is 12.2. The lowest BCUT2D eigenvalue weighted by molar-refractivity contribution is -0.131. The van der Waals surface area contributed by atoms with Crippen molar-refractivity contribution in [3.63, 3.8) is 0 Å². The van der Waals surface area contributed by atoms with E-state index in [1.807, 2.05) is 36.2 Å². The summed E-state index contributed by atoms with van der Waals surface area (Å²) in [6.07, 6.45) is 2.74. The van der Waals surface area contributed by atoms with E-state index >= 15 is 0 Å². The van der Waals surface area contributed by atoms with Crippen molar-refractivity contribution in [3.05, 3.63) is 34.3 Å². The van der Waals surface area contributed by atoms with Gasteiger partial charge in [0.15, 0.2) is 0 Å². The number of halogens is 2.